The van der Waals surface area contributed by atoms with E-state index in [2.05, 4.69) is 11.4 Å². The van der Waals surface area contributed by atoms with Gasteiger partial charge in [0, 0.05) is 0 Å². The molecule has 0 saturated heterocycles. The van der Waals surface area contributed by atoms with E-state index in [0.717, 1.165) is 24.8 Å². The third-order valence-corrected chi connectivity index (χ3v) is 5.12. The third kappa shape index (κ3) is 5.12. The van der Waals surface area contributed by atoms with Gasteiger partial charge in [-0.3, -0.25) is 4.79 Å². The zero-order chi connectivity index (χ0) is 21.5. The monoisotopic (exact) mass is 411 g/mol. The lowest BCUT2D eigenvalue weighted by molar-refractivity contribution is -0.130. The third-order valence-electron chi connectivity index (χ3n) is 5.12. The average molecular weight is 411 g/mol. The normalized spacial score (nSPS) is 16.2. The summed E-state index contributed by atoms with van der Waals surface area (Å²) in [5.41, 5.74) is 2.71. The molecule has 0 aliphatic heterocycles. The molecule has 0 heterocycles. The minimum atomic E-state index is -0.909. The molecule has 0 fully saturated rings. The van der Waals surface area contributed by atoms with Crippen LogP contribution in [0, 0.1) is 0 Å². The topological polar surface area (TPSA) is 73.9 Å². The maximum absolute atomic E-state index is 12.7. The van der Waals surface area contributed by atoms with Gasteiger partial charge in [-0.2, -0.15) is 0 Å². The molecule has 0 saturated carbocycles. The minimum Gasteiger partial charge on any atom is -0.490 e. The van der Waals surface area contributed by atoms with Crippen LogP contribution in [0.25, 0.3) is 0 Å². The zero-order valence-corrected chi connectivity index (χ0v) is 17.8. The molecule has 0 bridgehead atoms. The van der Waals surface area contributed by atoms with Crippen molar-refractivity contribution in [1.82, 2.24) is 5.32 Å². The van der Waals surface area contributed by atoms with Crippen LogP contribution in [0.3, 0.4) is 0 Å². The number of rotatable bonds is 8. The van der Waals surface area contributed by atoms with Crippen LogP contribution < -0.4 is 14.8 Å². The van der Waals surface area contributed by atoms with Crippen LogP contribution in [0.4, 0.5) is 0 Å². The Morgan fingerprint density at radius 3 is 2.57 bits per heavy atom. The van der Waals surface area contributed by atoms with Gasteiger partial charge >= 0.3 is 5.97 Å². The Morgan fingerprint density at radius 2 is 1.80 bits per heavy atom. The van der Waals surface area contributed by atoms with E-state index in [0.29, 0.717) is 30.3 Å². The van der Waals surface area contributed by atoms with Gasteiger partial charge in [-0.15, -0.1) is 0 Å². The summed E-state index contributed by atoms with van der Waals surface area (Å²) in [7, 11) is 0. The van der Waals surface area contributed by atoms with Crippen molar-refractivity contribution in [3.05, 3.63) is 59.2 Å². The van der Waals surface area contributed by atoms with Crippen LogP contribution >= 0.6 is 0 Å². The Labute approximate surface area is 177 Å². The van der Waals surface area contributed by atoms with Gasteiger partial charge in [-0.1, -0.05) is 24.3 Å². The first kappa shape index (κ1) is 21.7. The highest BCUT2D eigenvalue weighted by Crippen LogP contribution is 2.30. The summed E-state index contributed by atoms with van der Waals surface area (Å²) in [5.74, 6) is 0.161. The first-order chi connectivity index (χ1) is 14.5. The number of nitrogens with one attached hydrogen (secondary N) is 1. The average Bonchev–Trinajstić information content (AvgIpc) is 2.75. The Kier molecular flexibility index (Phi) is 7.33. The van der Waals surface area contributed by atoms with Gasteiger partial charge in [0.05, 0.1) is 24.8 Å². The van der Waals surface area contributed by atoms with Gasteiger partial charge in [-0.25, -0.2) is 4.79 Å². The molecule has 2 aromatic rings. The summed E-state index contributed by atoms with van der Waals surface area (Å²) >= 11 is 0. The molecule has 6 heteroatoms. The Morgan fingerprint density at radius 1 is 1.07 bits per heavy atom. The quantitative estimate of drug-likeness (QED) is 0.658. The van der Waals surface area contributed by atoms with Crippen LogP contribution in [-0.4, -0.2) is 31.2 Å². The summed E-state index contributed by atoms with van der Waals surface area (Å²) in [5, 5.41) is 3.03. The number of fused-ring (bicyclic) bond motifs is 1. The maximum Gasteiger partial charge on any atom is 0.339 e. The molecular weight excluding hydrogens is 382 g/mol. The summed E-state index contributed by atoms with van der Waals surface area (Å²) in [6.07, 6.45) is 2.00. The van der Waals surface area contributed by atoms with Crippen molar-refractivity contribution in [2.75, 3.05) is 13.2 Å². The Balaban J connectivity index is 1.64. The number of ether oxygens (including phenoxy) is 3. The molecule has 1 N–H and O–H groups in total. The smallest absolute Gasteiger partial charge is 0.339 e. The van der Waals surface area contributed by atoms with Crippen LogP contribution in [0.15, 0.2) is 42.5 Å². The van der Waals surface area contributed by atoms with Crippen molar-refractivity contribution in [3.8, 4) is 11.5 Å². The predicted octanol–water partition coefficient (Wildman–Crippen LogP) is 4.22. The van der Waals surface area contributed by atoms with E-state index in [1.807, 2.05) is 32.0 Å². The molecule has 160 valence electrons. The minimum absolute atomic E-state index is 0.0568. The molecule has 6 nitrogen and oxygen atoms in total. The maximum atomic E-state index is 12.7. The van der Waals surface area contributed by atoms with E-state index in [1.54, 1.807) is 25.1 Å². The second kappa shape index (κ2) is 10.1. The lowest BCUT2D eigenvalue weighted by Crippen LogP contribution is -2.39. The molecule has 0 spiro atoms. The largest absolute Gasteiger partial charge is 0.490 e. The molecule has 0 aromatic heterocycles. The van der Waals surface area contributed by atoms with Crippen LogP contribution in [0.2, 0.25) is 0 Å². The van der Waals surface area contributed by atoms with Gasteiger partial charge in [0.15, 0.2) is 17.6 Å². The van der Waals surface area contributed by atoms with Gasteiger partial charge in [0.1, 0.15) is 0 Å². The Bertz CT molecular complexity index is 895. The Hall–Kier alpha value is -3.02. The van der Waals surface area contributed by atoms with E-state index in [-0.39, 0.29) is 11.9 Å². The molecule has 1 aliphatic rings. The molecule has 1 aliphatic carbocycles. The highest BCUT2D eigenvalue weighted by Gasteiger charge is 2.26. The molecule has 30 heavy (non-hydrogen) atoms. The summed E-state index contributed by atoms with van der Waals surface area (Å²) in [6.45, 7) is 6.26. The number of carbonyl (C=O) groups is 2. The van der Waals surface area contributed by atoms with E-state index in [1.165, 1.54) is 5.56 Å². The highest BCUT2D eigenvalue weighted by molar-refractivity contribution is 5.93. The molecule has 0 unspecified atom stereocenters. The van der Waals surface area contributed by atoms with E-state index >= 15 is 0 Å². The van der Waals surface area contributed by atoms with E-state index < -0.39 is 12.1 Å². The van der Waals surface area contributed by atoms with Gasteiger partial charge in [0.2, 0.25) is 0 Å². The van der Waals surface area contributed by atoms with Gasteiger partial charge < -0.3 is 19.5 Å². The lowest BCUT2D eigenvalue weighted by Gasteiger charge is -2.27. The molecule has 2 atom stereocenters. The standard InChI is InChI=1S/C24H29NO5/c1-4-28-21-14-13-18(15-22(21)29-5-2)24(27)30-16(3)23(26)25-20-12-8-10-17-9-6-7-11-19(17)20/h6-7,9,11,13-16,20H,4-5,8,10,12H2,1-3H3,(H,25,26)/t16-,20+/m0/s1. The molecule has 2 aromatic carbocycles. The number of esters is 1. The van der Waals surface area contributed by atoms with Crippen molar-refractivity contribution in [2.45, 2.75) is 52.2 Å². The number of hydrogen-bond acceptors (Lipinski definition) is 5. The van der Waals surface area contributed by atoms with Crippen molar-refractivity contribution in [1.29, 1.82) is 0 Å². The fraction of sp³-hybridized carbons (Fsp3) is 0.417. The predicted molar refractivity (Wildman–Crippen MR) is 114 cm³/mol. The van der Waals surface area contributed by atoms with E-state index in [4.69, 9.17) is 14.2 Å². The SMILES string of the molecule is CCOc1ccc(C(=O)O[C@@H](C)C(=O)N[C@@H]2CCCc3ccccc32)cc1OCC. The fourth-order valence-electron chi connectivity index (χ4n) is 3.65. The van der Waals surface area contributed by atoms with Crippen molar-refractivity contribution in [2.24, 2.45) is 0 Å². The molecular formula is C24H29NO5. The number of benzene rings is 2. The van der Waals surface area contributed by atoms with Crippen molar-refractivity contribution < 1.29 is 23.8 Å². The highest BCUT2D eigenvalue weighted by atomic mass is 16.5. The molecule has 3 rings (SSSR count). The zero-order valence-electron chi connectivity index (χ0n) is 17.8. The first-order valence-electron chi connectivity index (χ1n) is 10.5. The van der Waals surface area contributed by atoms with Crippen LogP contribution in [0.1, 0.15) is 61.1 Å². The summed E-state index contributed by atoms with van der Waals surface area (Å²) in [4.78, 5) is 25.2. The number of carbonyl (C=O) groups excluding carboxylic acids is 2. The second-order valence-corrected chi connectivity index (χ2v) is 7.23. The summed E-state index contributed by atoms with van der Waals surface area (Å²) in [6, 6.07) is 12.9. The van der Waals surface area contributed by atoms with Gasteiger partial charge in [-0.05, 0) is 69.4 Å². The van der Waals surface area contributed by atoms with Crippen LogP contribution in [-0.2, 0) is 16.0 Å². The van der Waals surface area contributed by atoms with E-state index in [9.17, 15) is 9.59 Å². The second-order valence-electron chi connectivity index (χ2n) is 7.23. The van der Waals surface area contributed by atoms with Crippen molar-refractivity contribution >= 4 is 11.9 Å². The lowest BCUT2D eigenvalue weighted by atomic mass is 9.87. The van der Waals surface area contributed by atoms with Crippen LogP contribution in [0.5, 0.6) is 11.5 Å². The van der Waals surface area contributed by atoms with Gasteiger partial charge in [0.25, 0.3) is 5.91 Å². The number of aryl methyl sites for hydroxylation is 1. The first-order valence-corrected chi connectivity index (χ1v) is 10.5. The molecule has 1 amide bonds. The molecule has 0 radical (unpaired) electrons. The summed E-state index contributed by atoms with van der Waals surface area (Å²) < 4.78 is 16.5. The fourth-order valence-corrected chi connectivity index (χ4v) is 3.65. The number of amides is 1. The number of hydrogen-bond donors (Lipinski definition) is 1. The van der Waals surface area contributed by atoms with Crippen molar-refractivity contribution in [3.63, 3.8) is 0 Å².